The van der Waals surface area contributed by atoms with E-state index in [4.69, 9.17) is 4.74 Å². The summed E-state index contributed by atoms with van der Waals surface area (Å²) in [6.45, 7) is 4.14. The highest BCUT2D eigenvalue weighted by atomic mass is 19.1. The highest BCUT2D eigenvalue weighted by Crippen LogP contribution is 2.25. The second-order valence-corrected chi connectivity index (χ2v) is 9.23. The number of piperazine rings is 1. The fourth-order valence-electron chi connectivity index (χ4n) is 4.70. The Morgan fingerprint density at radius 2 is 1.71 bits per heavy atom. The number of phenolic OH excluding ortho intramolecular Hbond substituents is 1. The Labute approximate surface area is 220 Å². The summed E-state index contributed by atoms with van der Waals surface area (Å²) in [5, 5.41) is 16.1. The van der Waals surface area contributed by atoms with Crippen molar-refractivity contribution in [1.82, 2.24) is 10.3 Å². The number of hydrogen-bond acceptors (Lipinski definition) is 6. The number of fused-ring (bicyclic) bond motifs is 1. The number of ether oxygens (including phenoxy) is 1. The van der Waals surface area contributed by atoms with E-state index in [1.807, 2.05) is 54.6 Å². The Morgan fingerprint density at radius 3 is 2.42 bits per heavy atom. The standard InChI is InChI=1S/C30H29FN4O3/c1-38-29-11-6-21(19-32-33-30(37)27-17-22-4-2-3-5-23(22)18-28(27)36)16-24(29)20-34-12-14-35(15-13-34)26-9-7-25(31)8-10-26/h2-11,16-19,36H,12-15,20H2,1H3,(H,33,37)/b32-19+. The number of anilines is 1. The molecule has 1 aliphatic rings. The number of carbonyl (C=O) groups is 1. The van der Waals surface area contributed by atoms with Gasteiger partial charge in [0.15, 0.2) is 0 Å². The lowest BCUT2D eigenvalue weighted by atomic mass is 10.1. The van der Waals surface area contributed by atoms with Crippen LogP contribution in [0.3, 0.4) is 0 Å². The minimum absolute atomic E-state index is 0.0948. The average molecular weight is 513 g/mol. The molecule has 0 aromatic heterocycles. The number of methoxy groups -OCH3 is 1. The van der Waals surface area contributed by atoms with Gasteiger partial charge in [-0.3, -0.25) is 9.69 Å². The number of aromatic hydroxyl groups is 1. The summed E-state index contributed by atoms with van der Waals surface area (Å²) in [4.78, 5) is 17.2. The predicted octanol–water partition coefficient (Wildman–Crippen LogP) is 4.78. The van der Waals surface area contributed by atoms with E-state index in [0.29, 0.717) is 6.54 Å². The number of hydrazone groups is 1. The first-order valence-electron chi connectivity index (χ1n) is 12.4. The monoisotopic (exact) mass is 512 g/mol. The molecular weight excluding hydrogens is 483 g/mol. The molecule has 0 saturated carbocycles. The van der Waals surface area contributed by atoms with Gasteiger partial charge in [0.05, 0.1) is 18.9 Å². The zero-order chi connectivity index (χ0) is 26.5. The van der Waals surface area contributed by atoms with Crippen LogP contribution in [0.1, 0.15) is 21.5 Å². The molecule has 2 N–H and O–H groups in total. The normalized spacial score (nSPS) is 14.2. The topological polar surface area (TPSA) is 77.4 Å². The molecule has 8 heteroatoms. The molecule has 1 aliphatic heterocycles. The van der Waals surface area contributed by atoms with Crippen LogP contribution in [0.15, 0.2) is 84.0 Å². The number of amides is 1. The van der Waals surface area contributed by atoms with Crippen LogP contribution in [0.2, 0.25) is 0 Å². The van der Waals surface area contributed by atoms with Crippen LogP contribution in [0.5, 0.6) is 11.5 Å². The van der Waals surface area contributed by atoms with E-state index < -0.39 is 5.91 Å². The van der Waals surface area contributed by atoms with E-state index in [1.54, 1.807) is 25.5 Å². The Morgan fingerprint density at radius 1 is 1.00 bits per heavy atom. The van der Waals surface area contributed by atoms with Crippen molar-refractivity contribution in [2.45, 2.75) is 6.54 Å². The van der Waals surface area contributed by atoms with Crippen LogP contribution in [-0.2, 0) is 6.54 Å². The van der Waals surface area contributed by atoms with Crippen LogP contribution in [0.25, 0.3) is 10.8 Å². The summed E-state index contributed by atoms with van der Waals surface area (Å²) in [6.07, 6.45) is 1.57. The maximum atomic E-state index is 13.2. The second kappa shape index (κ2) is 11.3. The van der Waals surface area contributed by atoms with Crippen molar-refractivity contribution in [3.05, 3.63) is 101 Å². The molecule has 0 unspecified atom stereocenters. The van der Waals surface area contributed by atoms with Crippen molar-refractivity contribution in [3.63, 3.8) is 0 Å². The molecule has 1 fully saturated rings. The lowest BCUT2D eigenvalue weighted by molar-refractivity contribution is 0.0952. The molecule has 7 nitrogen and oxygen atoms in total. The Hall–Kier alpha value is -4.43. The first-order chi connectivity index (χ1) is 18.5. The van der Waals surface area contributed by atoms with E-state index in [-0.39, 0.29) is 17.1 Å². The van der Waals surface area contributed by atoms with E-state index >= 15 is 0 Å². The number of carbonyl (C=O) groups excluding carboxylic acids is 1. The lowest BCUT2D eigenvalue weighted by Gasteiger charge is -2.36. The fourth-order valence-corrected chi connectivity index (χ4v) is 4.70. The van der Waals surface area contributed by atoms with Crippen LogP contribution in [0.4, 0.5) is 10.1 Å². The van der Waals surface area contributed by atoms with Gasteiger partial charge in [0.25, 0.3) is 5.91 Å². The van der Waals surface area contributed by atoms with Gasteiger partial charge in [-0.1, -0.05) is 24.3 Å². The van der Waals surface area contributed by atoms with Gasteiger partial charge in [0.2, 0.25) is 0 Å². The second-order valence-electron chi connectivity index (χ2n) is 9.23. The molecule has 0 bridgehead atoms. The fraction of sp³-hybridized carbons (Fsp3) is 0.200. The molecule has 38 heavy (non-hydrogen) atoms. The molecule has 4 aromatic rings. The van der Waals surface area contributed by atoms with Crippen molar-refractivity contribution in [2.75, 3.05) is 38.2 Å². The first-order valence-corrected chi connectivity index (χ1v) is 12.4. The minimum Gasteiger partial charge on any atom is -0.507 e. The van der Waals surface area contributed by atoms with Gasteiger partial charge in [-0.25, -0.2) is 9.82 Å². The van der Waals surface area contributed by atoms with Crippen molar-refractivity contribution in [3.8, 4) is 11.5 Å². The number of halogens is 1. The number of phenols is 1. The van der Waals surface area contributed by atoms with Crippen LogP contribution < -0.4 is 15.1 Å². The SMILES string of the molecule is COc1ccc(/C=N/NC(=O)c2cc3ccccc3cc2O)cc1CN1CCN(c2ccc(F)cc2)CC1. The van der Waals surface area contributed by atoms with E-state index in [1.165, 1.54) is 12.1 Å². The van der Waals surface area contributed by atoms with Gasteiger partial charge in [-0.2, -0.15) is 5.10 Å². The van der Waals surface area contributed by atoms with Gasteiger partial charge in [0.1, 0.15) is 17.3 Å². The Bertz CT molecular complexity index is 1460. The van der Waals surface area contributed by atoms with Crippen molar-refractivity contribution < 1.29 is 19.0 Å². The number of benzene rings is 4. The molecular formula is C30H29FN4O3. The summed E-state index contributed by atoms with van der Waals surface area (Å²) in [5.74, 6) is -0.0255. The smallest absolute Gasteiger partial charge is 0.275 e. The third kappa shape index (κ3) is 5.76. The van der Waals surface area contributed by atoms with Crippen molar-refractivity contribution in [1.29, 1.82) is 0 Å². The highest BCUT2D eigenvalue weighted by molar-refractivity contribution is 6.01. The molecule has 1 heterocycles. The molecule has 5 rings (SSSR count). The quantitative estimate of drug-likeness (QED) is 0.275. The van der Waals surface area contributed by atoms with Crippen LogP contribution in [-0.4, -0.2) is 55.4 Å². The summed E-state index contributed by atoms with van der Waals surface area (Å²) in [5.41, 5.74) is 5.53. The zero-order valence-corrected chi connectivity index (χ0v) is 21.1. The first kappa shape index (κ1) is 25.2. The largest absolute Gasteiger partial charge is 0.507 e. The lowest BCUT2D eigenvalue weighted by Crippen LogP contribution is -2.46. The van der Waals surface area contributed by atoms with Crippen molar-refractivity contribution >= 4 is 28.6 Å². The van der Waals surface area contributed by atoms with Gasteiger partial charge in [-0.05, 0) is 70.9 Å². The molecule has 0 radical (unpaired) electrons. The van der Waals surface area contributed by atoms with E-state index in [0.717, 1.165) is 59.5 Å². The number of rotatable bonds is 7. The van der Waals surface area contributed by atoms with Crippen molar-refractivity contribution in [2.24, 2.45) is 5.10 Å². The minimum atomic E-state index is -0.489. The van der Waals surface area contributed by atoms with Gasteiger partial charge < -0.3 is 14.7 Å². The summed E-state index contributed by atoms with van der Waals surface area (Å²) in [7, 11) is 1.65. The van der Waals surface area contributed by atoms with E-state index in [2.05, 4.69) is 20.3 Å². The Kier molecular flexibility index (Phi) is 7.51. The predicted molar refractivity (Wildman–Crippen MR) is 148 cm³/mol. The number of nitrogens with one attached hydrogen (secondary N) is 1. The molecule has 1 amide bonds. The summed E-state index contributed by atoms with van der Waals surface area (Å²) in [6, 6.07) is 23.1. The van der Waals surface area contributed by atoms with Gasteiger partial charge >= 0.3 is 0 Å². The van der Waals surface area contributed by atoms with E-state index in [9.17, 15) is 14.3 Å². The highest BCUT2D eigenvalue weighted by Gasteiger charge is 2.19. The maximum absolute atomic E-state index is 13.2. The van der Waals surface area contributed by atoms with Gasteiger partial charge in [-0.15, -0.1) is 0 Å². The molecule has 1 saturated heterocycles. The maximum Gasteiger partial charge on any atom is 0.275 e. The Balaban J connectivity index is 1.22. The molecule has 0 atom stereocenters. The van der Waals surface area contributed by atoms with Crippen LogP contribution in [0, 0.1) is 5.82 Å². The molecule has 0 spiro atoms. The third-order valence-electron chi connectivity index (χ3n) is 6.75. The van der Waals surface area contributed by atoms with Crippen LogP contribution >= 0.6 is 0 Å². The molecule has 0 aliphatic carbocycles. The third-order valence-corrected chi connectivity index (χ3v) is 6.75. The summed E-state index contributed by atoms with van der Waals surface area (Å²) < 4.78 is 18.8. The van der Waals surface area contributed by atoms with Gasteiger partial charge in [0, 0.05) is 44.0 Å². The molecule has 194 valence electrons. The molecule has 4 aromatic carbocycles. The summed E-state index contributed by atoms with van der Waals surface area (Å²) >= 11 is 0. The number of hydrogen-bond donors (Lipinski definition) is 2. The number of nitrogens with zero attached hydrogens (tertiary/aromatic N) is 3. The zero-order valence-electron chi connectivity index (χ0n) is 21.1. The average Bonchev–Trinajstić information content (AvgIpc) is 2.93.